The third-order valence-electron chi connectivity index (χ3n) is 4.98. The van der Waals surface area contributed by atoms with E-state index in [4.69, 9.17) is 8.94 Å². The maximum absolute atomic E-state index is 13.4. The summed E-state index contributed by atoms with van der Waals surface area (Å²) < 4.78 is 23.9. The standard InChI is InChI=1S/C21H16FN3O3/c22-14-3-4-15-16(12-23-17(15)10-14)13-5-7-25(8-6-13)21(26)18-11-20(28-24-18)19-2-1-9-27-19/h1-5,9-12,23H,6-8H2. The van der Waals surface area contributed by atoms with E-state index in [1.165, 1.54) is 18.4 Å². The second-order valence-electron chi connectivity index (χ2n) is 6.68. The van der Waals surface area contributed by atoms with Gasteiger partial charge in [0.2, 0.25) is 5.76 Å². The van der Waals surface area contributed by atoms with E-state index in [1.807, 2.05) is 12.3 Å². The van der Waals surface area contributed by atoms with E-state index in [0.29, 0.717) is 31.0 Å². The number of fused-ring (bicyclic) bond motifs is 1. The molecule has 1 aliphatic rings. The fraction of sp³-hybridized carbons (Fsp3) is 0.143. The number of furan rings is 1. The molecule has 140 valence electrons. The minimum Gasteiger partial charge on any atom is -0.461 e. The van der Waals surface area contributed by atoms with E-state index in [2.05, 4.69) is 10.1 Å². The molecule has 1 amide bonds. The molecule has 0 bridgehead atoms. The Labute approximate surface area is 159 Å². The van der Waals surface area contributed by atoms with Crippen molar-refractivity contribution in [3.63, 3.8) is 0 Å². The molecule has 0 saturated carbocycles. The number of amides is 1. The average Bonchev–Trinajstić information content (AvgIpc) is 3.46. The zero-order valence-electron chi connectivity index (χ0n) is 14.8. The number of nitrogens with zero attached hydrogens (tertiary/aromatic N) is 2. The summed E-state index contributed by atoms with van der Waals surface area (Å²) in [4.78, 5) is 17.6. The quantitative estimate of drug-likeness (QED) is 0.571. The van der Waals surface area contributed by atoms with Crippen LogP contribution in [0.1, 0.15) is 22.5 Å². The Bertz CT molecular complexity index is 1190. The number of nitrogens with one attached hydrogen (secondary N) is 1. The van der Waals surface area contributed by atoms with Crippen LogP contribution in [0.5, 0.6) is 0 Å². The van der Waals surface area contributed by atoms with Crippen molar-refractivity contribution in [2.24, 2.45) is 0 Å². The molecule has 5 rings (SSSR count). The topological polar surface area (TPSA) is 75.3 Å². The molecule has 1 N–H and O–H groups in total. The van der Waals surface area contributed by atoms with Crippen molar-refractivity contribution in [2.45, 2.75) is 6.42 Å². The van der Waals surface area contributed by atoms with Crippen LogP contribution in [-0.2, 0) is 0 Å². The number of rotatable bonds is 3. The molecule has 0 saturated heterocycles. The Morgan fingerprint density at radius 2 is 2.14 bits per heavy atom. The van der Waals surface area contributed by atoms with Crippen LogP contribution in [0.25, 0.3) is 28.0 Å². The molecule has 1 aromatic carbocycles. The van der Waals surface area contributed by atoms with Crippen LogP contribution in [0, 0.1) is 5.82 Å². The highest BCUT2D eigenvalue weighted by Crippen LogP contribution is 2.30. The van der Waals surface area contributed by atoms with E-state index < -0.39 is 0 Å². The highest BCUT2D eigenvalue weighted by atomic mass is 19.1. The Hall–Kier alpha value is -3.61. The summed E-state index contributed by atoms with van der Waals surface area (Å²) in [5.74, 6) is 0.505. The SMILES string of the molecule is O=C(c1cc(-c2ccco2)on1)N1CC=C(c2c[nH]c3cc(F)ccc23)CC1. The predicted molar refractivity (Wildman–Crippen MR) is 101 cm³/mol. The monoisotopic (exact) mass is 377 g/mol. The number of halogens is 1. The number of aromatic amines is 1. The fourth-order valence-electron chi connectivity index (χ4n) is 3.54. The molecule has 0 spiro atoms. The third-order valence-corrected chi connectivity index (χ3v) is 4.98. The van der Waals surface area contributed by atoms with Gasteiger partial charge in [-0.05, 0) is 42.3 Å². The molecule has 0 atom stereocenters. The maximum Gasteiger partial charge on any atom is 0.276 e. The number of aromatic nitrogens is 2. The smallest absolute Gasteiger partial charge is 0.276 e. The van der Waals surface area contributed by atoms with Crippen molar-refractivity contribution in [1.29, 1.82) is 0 Å². The van der Waals surface area contributed by atoms with Crippen LogP contribution in [0.2, 0.25) is 0 Å². The second-order valence-corrected chi connectivity index (χ2v) is 6.68. The number of H-pyrrole nitrogens is 1. The van der Waals surface area contributed by atoms with Crippen LogP contribution in [0.3, 0.4) is 0 Å². The molecule has 4 heterocycles. The zero-order valence-corrected chi connectivity index (χ0v) is 14.8. The van der Waals surface area contributed by atoms with E-state index in [1.54, 1.807) is 29.2 Å². The largest absolute Gasteiger partial charge is 0.461 e. The zero-order chi connectivity index (χ0) is 19.1. The molecule has 28 heavy (non-hydrogen) atoms. The number of carbonyl (C=O) groups excluding carboxylic acids is 1. The van der Waals surface area contributed by atoms with Gasteiger partial charge >= 0.3 is 0 Å². The van der Waals surface area contributed by atoms with Gasteiger partial charge in [0.15, 0.2) is 11.5 Å². The predicted octanol–water partition coefficient (Wildman–Crippen LogP) is 4.48. The van der Waals surface area contributed by atoms with E-state index >= 15 is 0 Å². The summed E-state index contributed by atoms with van der Waals surface area (Å²) >= 11 is 0. The molecule has 4 aromatic rings. The van der Waals surface area contributed by atoms with E-state index in [0.717, 1.165) is 22.0 Å². The highest BCUT2D eigenvalue weighted by molar-refractivity contribution is 5.95. The molecule has 0 fully saturated rings. The van der Waals surface area contributed by atoms with Gasteiger partial charge in [-0.3, -0.25) is 4.79 Å². The molecule has 6 nitrogen and oxygen atoms in total. The lowest BCUT2D eigenvalue weighted by Crippen LogP contribution is -2.34. The minimum atomic E-state index is -0.267. The summed E-state index contributed by atoms with van der Waals surface area (Å²) in [5, 5.41) is 4.86. The van der Waals surface area contributed by atoms with Crippen LogP contribution in [0.15, 0.2) is 63.9 Å². The molecule has 0 radical (unpaired) electrons. The fourth-order valence-corrected chi connectivity index (χ4v) is 3.54. The second kappa shape index (κ2) is 6.53. The first-order chi connectivity index (χ1) is 13.7. The lowest BCUT2D eigenvalue weighted by atomic mass is 9.98. The summed E-state index contributed by atoms with van der Waals surface area (Å²) in [5.41, 5.74) is 3.20. The van der Waals surface area contributed by atoms with Gasteiger partial charge in [0.25, 0.3) is 5.91 Å². The van der Waals surface area contributed by atoms with Crippen LogP contribution in [0.4, 0.5) is 4.39 Å². The first-order valence-electron chi connectivity index (χ1n) is 8.95. The van der Waals surface area contributed by atoms with E-state index in [9.17, 15) is 9.18 Å². The summed E-state index contributed by atoms with van der Waals surface area (Å²) in [6, 6.07) is 9.81. The first kappa shape index (κ1) is 16.6. The molecule has 0 aliphatic carbocycles. The lowest BCUT2D eigenvalue weighted by molar-refractivity contribution is 0.0762. The molecular weight excluding hydrogens is 361 g/mol. The van der Waals surface area contributed by atoms with Gasteiger partial charge in [-0.25, -0.2) is 4.39 Å². The van der Waals surface area contributed by atoms with Crippen LogP contribution < -0.4 is 0 Å². The Morgan fingerprint density at radius 1 is 1.21 bits per heavy atom. The highest BCUT2D eigenvalue weighted by Gasteiger charge is 2.24. The van der Waals surface area contributed by atoms with Gasteiger partial charge in [0.05, 0.1) is 6.26 Å². The van der Waals surface area contributed by atoms with Crippen molar-refractivity contribution in [3.8, 4) is 11.5 Å². The van der Waals surface area contributed by atoms with Crippen LogP contribution >= 0.6 is 0 Å². The van der Waals surface area contributed by atoms with E-state index in [-0.39, 0.29) is 17.4 Å². The van der Waals surface area contributed by atoms with Gasteiger partial charge in [0.1, 0.15) is 5.82 Å². The van der Waals surface area contributed by atoms with Crippen molar-refractivity contribution in [1.82, 2.24) is 15.0 Å². The summed E-state index contributed by atoms with van der Waals surface area (Å²) in [6.45, 7) is 1.05. The molecule has 7 heteroatoms. The first-order valence-corrected chi connectivity index (χ1v) is 8.95. The van der Waals surface area contributed by atoms with Gasteiger partial charge in [-0.1, -0.05) is 11.2 Å². The van der Waals surface area contributed by atoms with Crippen molar-refractivity contribution in [3.05, 3.63) is 72.0 Å². The third kappa shape index (κ3) is 2.81. The molecule has 1 aliphatic heterocycles. The van der Waals surface area contributed by atoms with Gasteiger partial charge < -0.3 is 18.8 Å². The molecule has 3 aromatic heterocycles. The van der Waals surface area contributed by atoms with Crippen LogP contribution in [-0.4, -0.2) is 34.0 Å². The average molecular weight is 377 g/mol. The number of hydrogen-bond acceptors (Lipinski definition) is 4. The Kier molecular flexibility index (Phi) is 3.86. The summed E-state index contributed by atoms with van der Waals surface area (Å²) in [7, 11) is 0. The Morgan fingerprint density at radius 3 is 2.93 bits per heavy atom. The number of hydrogen-bond donors (Lipinski definition) is 1. The Balaban J connectivity index is 1.34. The van der Waals surface area contributed by atoms with Gasteiger partial charge in [-0.2, -0.15) is 0 Å². The van der Waals surface area contributed by atoms with Crippen molar-refractivity contribution in [2.75, 3.05) is 13.1 Å². The number of carbonyl (C=O) groups is 1. The lowest BCUT2D eigenvalue weighted by Gasteiger charge is -2.25. The molecular formula is C21H16FN3O3. The van der Waals surface area contributed by atoms with Crippen molar-refractivity contribution >= 4 is 22.4 Å². The van der Waals surface area contributed by atoms with Crippen molar-refractivity contribution < 1.29 is 18.1 Å². The molecule has 0 unspecified atom stereocenters. The van der Waals surface area contributed by atoms with Gasteiger partial charge in [0, 0.05) is 41.8 Å². The summed E-state index contributed by atoms with van der Waals surface area (Å²) in [6.07, 6.45) is 6.16. The maximum atomic E-state index is 13.4. The normalized spacial score (nSPS) is 14.5. The van der Waals surface area contributed by atoms with Gasteiger partial charge in [-0.15, -0.1) is 0 Å². The minimum absolute atomic E-state index is 0.183. The number of benzene rings is 1.